The van der Waals surface area contributed by atoms with Gasteiger partial charge in [-0.15, -0.1) is 0 Å². The van der Waals surface area contributed by atoms with Crippen molar-refractivity contribution < 1.29 is 14.3 Å². The Morgan fingerprint density at radius 2 is 2.04 bits per heavy atom. The second-order valence-electron chi connectivity index (χ2n) is 5.42. The second-order valence-corrected chi connectivity index (χ2v) is 7.10. The number of rotatable bonds is 5. The van der Waals surface area contributed by atoms with Crippen molar-refractivity contribution in [3.05, 3.63) is 34.7 Å². The largest absolute Gasteiger partial charge is 0.497 e. The zero-order valence-corrected chi connectivity index (χ0v) is 14.8. The van der Waals surface area contributed by atoms with Gasteiger partial charge in [-0.25, -0.2) is 0 Å². The molecule has 1 aromatic rings. The summed E-state index contributed by atoms with van der Waals surface area (Å²) in [5.74, 6) is 0.425. The Balaban J connectivity index is 2.10. The number of carbonyl (C=O) groups excluding carboxylic acids is 2. The second kappa shape index (κ2) is 7.61. The topological polar surface area (TPSA) is 58.6 Å². The summed E-state index contributed by atoms with van der Waals surface area (Å²) in [6.07, 6.45) is 2.09. The smallest absolute Gasteiger partial charge is 0.285 e. The Morgan fingerprint density at radius 3 is 2.61 bits per heavy atom. The SMILES string of the molecule is COc1ccc(/C=C2\SC(=S)N(NC(=O)CC(C)C)C2=O)cc1. The zero-order valence-electron chi connectivity index (χ0n) is 13.2. The summed E-state index contributed by atoms with van der Waals surface area (Å²) in [6, 6.07) is 7.33. The number of hydrogen-bond donors (Lipinski definition) is 1. The van der Waals surface area contributed by atoms with Crippen LogP contribution in [0, 0.1) is 5.92 Å². The van der Waals surface area contributed by atoms with Crippen LogP contribution in [-0.4, -0.2) is 28.3 Å². The van der Waals surface area contributed by atoms with Gasteiger partial charge in [0.2, 0.25) is 5.91 Å². The molecule has 2 amide bonds. The molecule has 1 fully saturated rings. The van der Waals surface area contributed by atoms with Crippen LogP contribution in [0.15, 0.2) is 29.2 Å². The van der Waals surface area contributed by atoms with Gasteiger partial charge in [-0.05, 0) is 41.9 Å². The molecule has 0 radical (unpaired) electrons. The maximum atomic E-state index is 12.4. The fourth-order valence-corrected chi connectivity index (χ4v) is 3.14. The predicted molar refractivity (Wildman–Crippen MR) is 95.6 cm³/mol. The van der Waals surface area contributed by atoms with Gasteiger partial charge in [0.1, 0.15) is 5.75 Å². The number of hydrogen-bond acceptors (Lipinski definition) is 5. The van der Waals surface area contributed by atoms with Crippen molar-refractivity contribution in [3.8, 4) is 5.75 Å². The van der Waals surface area contributed by atoms with E-state index in [0.29, 0.717) is 15.6 Å². The summed E-state index contributed by atoms with van der Waals surface area (Å²) >= 11 is 6.35. The average molecular weight is 350 g/mol. The highest BCUT2D eigenvalue weighted by atomic mass is 32.2. The first kappa shape index (κ1) is 17.5. The number of thioether (sulfide) groups is 1. The van der Waals surface area contributed by atoms with Crippen molar-refractivity contribution in [2.75, 3.05) is 7.11 Å². The summed E-state index contributed by atoms with van der Waals surface area (Å²) in [5, 5.41) is 1.14. The van der Waals surface area contributed by atoms with Gasteiger partial charge >= 0.3 is 0 Å². The van der Waals surface area contributed by atoms with Crippen LogP contribution in [-0.2, 0) is 9.59 Å². The lowest BCUT2D eigenvalue weighted by Gasteiger charge is -2.16. The van der Waals surface area contributed by atoms with Crippen LogP contribution in [0.2, 0.25) is 0 Å². The number of thiocarbonyl (C=S) groups is 1. The molecular weight excluding hydrogens is 332 g/mol. The van der Waals surface area contributed by atoms with Crippen molar-refractivity contribution in [3.63, 3.8) is 0 Å². The summed E-state index contributed by atoms with van der Waals surface area (Å²) in [4.78, 5) is 24.7. The number of hydrazine groups is 1. The first-order chi connectivity index (χ1) is 10.9. The Bertz CT molecular complexity index is 654. The van der Waals surface area contributed by atoms with E-state index in [4.69, 9.17) is 17.0 Å². The number of benzene rings is 1. The fourth-order valence-electron chi connectivity index (χ4n) is 1.96. The van der Waals surface area contributed by atoms with Crippen LogP contribution in [0.5, 0.6) is 5.75 Å². The molecule has 0 saturated carbocycles. The van der Waals surface area contributed by atoms with Gasteiger partial charge in [0.05, 0.1) is 12.0 Å². The molecule has 0 atom stereocenters. The van der Waals surface area contributed by atoms with Crippen molar-refractivity contribution in [2.45, 2.75) is 20.3 Å². The molecule has 0 unspecified atom stereocenters. The highest BCUT2D eigenvalue weighted by Gasteiger charge is 2.33. The summed E-state index contributed by atoms with van der Waals surface area (Å²) < 4.78 is 5.43. The van der Waals surface area contributed by atoms with Gasteiger partial charge in [0.15, 0.2) is 4.32 Å². The maximum absolute atomic E-state index is 12.4. The predicted octanol–water partition coefficient (Wildman–Crippen LogP) is 2.97. The number of amides is 2. The zero-order chi connectivity index (χ0) is 17.0. The Morgan fingerprint density at radius 1 is 1.39 bits per heavy atom. The van der Waals surface area contributed by atoms with E-state index in [-0.39, 0.29) is 17.7 Å². The highest BCUT2D eigenvalue weighted by molar-refractivity contribution is 8.26. The molecule has 0 aromatic heterocycles. The van der Waals surface area contributed by atoms with E-state index in [2.05, 4.69) is 5.43 Å². The van der Waals surface area contributed by atoms with E-state index in [1.165, 1.54) is 11.8 Å². The van der Waals surface area contributed by atoms with Gasteiger partial charge in [-0.3, -0.25) is 15.0 Å². The molecule has 0 spiro atoms. The molecule has 0 aliphatic carbocycles. The van der Waals surface area contributed by atoms with Gasteiger partial charge in [-0.1, -0.05) is 37.7 Å². The molecule has 1 aliphatic heterocycles. The minimum absolute atomic E-state index is 0.211. The molecule has 1 heterocycles. The van der Waals surface area contributed by atoms with E-state index in [9.17, 15) is 9.59 Å². The molecule has 23 heavy (non-hydrogen) atoms. The molecule has 0 bridgehead atoms. The molecular formula is C16H18N2O3S2. The number of nitrogens with one attached hydrogen (secondary N) is 1. The fraction of sp³-hybridized carbons (Fsp3) is 0.312. The van der Waals surface area contributed by atoms with E-state index >= 15 is 0 Å². The van der Waals surface area contributed by atoms with Crippen LogP contribution in [0.1, 0.15) is 25.8 Å². The van der Waals surface area contributed by atoms with Gasteiger partial charge in [-0.2, -0.15) is 5.01 Å². The van der Waals surface area contributed by atoms with Crippen molar-refractivity contribution in [1.29, 1.82) is 0 Å². The monoisotopic (exact) mass is 350 g/mol. The number of carbonyl (C=O) groups is 2. The minimum atomic E-state index is -0.312. The van der Waals surface area contributed by atoms with Gasteiger partial charge in [0, 0.05) is 6.42 Å². The van der Waals surface area contributed by atoms with E-state index in [1.807, 2.05) is 38.1 Å². The quantitative estimate of drug-likeness (QED) is 0.653. The van der Waals surface area contributed by atoms with Crippen LogP contribution >= 0.6 is 24.0 Å². The standard InChI is InChI=1S/C16H18N2O3S2/c1-10(2)8-14(19)17-18-15(20)13(23-16(18)22)9-11-4-6-12(21-3)7-5-11/h4-7,9-10H,8H2,1-3H3,(H,17,19)/b13-9-. The first-order valence-electron chi connectivity index (χ1n) is 7.12. The molecule has 122 valence electrons. The minimum Gasteiger partial charge on any atom is -0.497 e. The molecule has 1 N–H and O–H groups in total. The number of ether oxygens (including phenoxy) is 1. The van der Waals surface area contributed by atoms with Crippen LogP contribution in [0.4, 0.5) is 0 Å². The van der Waals surface area contributed by atoms with Crippen molar-refractivity contribution >= 4 is 46.2 Å². The third-order valence-electron chi connectivity index (χ3n) is 3.04. The molecule has 5 nitrogen and oxygen atoms in total. The normalized spacial score (nSPS) is 16.3. The molecule has 1 aromatic carbocycles. The third kappa shape index (κ3) is 4.56. The van der Waals surface area contributed by atoms with Crippen LogP contribution < -0.4 is 10.2 Å². The lowest BCUT2D eigenvalue weighted by atomic mass is 10.1. The molecule has 7 heteroatoms. The van der Waals surface area contributed by atoms with Gasteiger partial charge in [0.25, 0.3) is 5.91 Å². The lowest BCUT2D eigenvalue weighted by Crippen LogP contribution is -2.45. The Labute approximate surface area is 145 Å². The highest BCUT2D eigenvalue weighted by Crippen LogP contribution is 2.31. The Kier molecular flexibility index (Phi) is 5.79. The first-order valence-corrected chi connectivity index (χ1v) is 8.34. The van der Waals surface area contributed by atoms with Crippen molar-refractivity contribution in [1.82, 2.24) is 10.4 Å². The van der Waals surface area contributed by atoms with E-state index < -0.39 is 0 Å². The molecule has 1 saturated heterocycles. The molecule has 2 rings (SSSR count). The number of methoxy groups -OCH3 is 1. The lowest BCUT2D eigenvalue weighted by molar-refractivity contribution is -0.133. The average Bonchev–Trinajstić information content (AvgIpc) is 2.75. The van der Waals surface area contributed by atoms with Crippen molar-refractivity contribution in [2.24, 2.45) is 5.92 Å². The van der Waals surface area contributed by atoms with E-state index in [1.54, 1.807) is 13.2 Å². The summed E-state index contributed by atoms with van der Waals surface area (Å²) in [7, 11) is 1.60. The summed E-state index contributed by atoms with van der Waals surface area (Å²) in [5.41, 5.74) is 3.43. The van der Waals surface area contributed by atoms with Crippen LogP contribution in [0.25, 0.3) is 6.08 Å². The Hall–Kier alpha value is -1.86. The van der Waals surface area contributed by atoms with Gasteiger partial charge < -0.3 is 4.74 Å². The van der Waals surface area contributed by atoms with E-state index in [0.717, 1.165) is 16.3 Å². The molecule has 1 aliphatic rings. The number of nitrogens with zero attached hydrogens (tertiary/aromatic N) is 1. The maximum Gasteiger partial charge on any atom is 0.285 e. The summed E-state index contributed by atoms with van der Waals surface area (Å²) in [6.45, 7) is 3.88. The van der Waals surface area contributed by atoms with Crippen LogP contribution in [0.3, 0.4) is 0 Å². The third-order valence-corrected chi connectivity index (χ3v) is 4.34.